The Morgan fingerprint density at radius 3 is 0.932 bits per heavy atom. The average molecular weight is 1540 g/mol. The number of hydrogen-bond acceptors (Lipinski definition) is 5. The molecule has 118 heavy (non-hydrogen) atoms. The Hall–Kier alpha value is -14.5. The Morgan fingerprint density at radius 1 is 0.195 bits per heavy atom. The van der Waals surface area contributed by atoms with Crippen molar-refractivity contribution in [2.75, 3.05) is 14.7 Å². The topological polar surface area (TPSA) is 24.5 Å². The van der Waals surface area contributed by atoms with E-state index in [1.165, 1.54) is 152 Å². The van der Waals surface area contributed by atoms with Crippen LogP contribution >= 0.6 is 23.5 Å². The van der Waals surface area contributed by atoms with Crippen molar-refractivity contribution in [2.24, 2.45) is 0 Å². The van der Waals surface area contributed by atoms with Crippen LogP contribution in [0.25, 0.3) is 82.5 Å². The molecule has 4 aliphatic heterocycles. The summed E-state index contributed by atoms with van der Waals surface area (Å²) in [5.74, 6) is 0. The molecule has 8 heteroatoms. The van der Waals surface area contributed by atoms with Crippen LogP contribution in [-0.2, 0) is 10.8 Å². The van der Waals surface area contributed by atoms with E-state index in [1.54, 1.807) is 0 Å². The lowest BCUT2D eigenvalue weighted by atomic mass is 9.62. The predicted molar refractivity (Wildman–Crippen MR) is 492 cm³/mol. The van der Waals surface area contributed by atoms with E-state index < -0.39 is 10.8 Å². The minimum atomic E-state index is -0.571. The summed E-state index contributed by atoms with van der Waals surface area (Å²) in [6, 6.07) is 161. The van der Waals surface area contributed by atoms with Crippen LogP contribution < -0.4 is 14.7 Å². The van der Waals surface area contributed by atoms with Crippen molar-refractivity contribution in [3.63, 3.8) is 0 Å². The van der Waals surface area contributed by atoms with Gasteiger partial charge in [0.1, 0.15) is 0 Å². The highest BCUT2D eigenvalue weighted by atomic mass is 32.2. The number of anilines is 9. The van der Waals surface area contributed by atoms with Gasteiger partial charge in [0.25, 0.3) is 0 Å². The molecule has 25 rings (SSSR count). The maximum Gasteiger partial charge on any atom is 0.0764 e. The second-order valence-corrected chi connectivity index (χ2v) is 33.0. The number of fused-ring (bicyclic) bond motifs is 27. The van der Waals surface area contributed by atoms with E-state index in [-0.39, 0.29) is 0 Å². The summed E-state index contributed by atoms with van der Waals surface area (Å²) in [4.78, 5) is 12.4. The number of para-hydroxylation sites is 12. The first kappa shape index (κ1) is 67.9. The first-order valence-electron chi connectivity index (χ1n) is 40.5. The van der Waals surface area contributed by atoms with Crippen LogP contribution in [0.4, 0.5) is 51.2 Å². The molecule has 0 amide bonds. The van der Waals surface area contributed by atoms with E-state index >= 15 is 0 Å². The van der Waals surface area contributed by atoms with Crippen LogP contribution in [0.2, 0.25) is 0 Å². The molecule has 3 aromatic heterocycles. The molecule has 0 atom stereocenters. The number of nitrogens with zero attached hydrogens (tertiary/aromatic N) is 6. The molecule has 18 aromatic carbocycles. The van der Waals surface area contributed by atoms with Crippen LogP contribution in [0.15, 0.2) is 456 Å². The minimum absolute atomic E-state index is 0.569. The highest BCUT2D eigenvalue weighted by Crippen LogP contribution is 2.67. The van der Waals surface area contributed by atoms with E-state index in [9.17, 15) is 0 Å². The van der Waals surface area contributed by atoms with Gasteiger partial charge in [-0.25, -0.2) is 0 Å². The van der Waals surface area contributed by atoms with Crippen molar-refractivity contribution in [3.05, 3.63) is 481 Å². The molecule has 0 bridgehead atoms. The zero-order valence-electron chi connectivity index (χ0n) is 64.1. The molecular formula is C110H72N6S2. The Labute approximate surface area is 692 Å². The van der Waals surface area contributed by atoms with Gasteiger partial charge in [-0.2, -0.15) is 0 Å². The summed E-state index contributed by atoms with van der Waals surface area (Å²) < 4.78 is 7.45. The van der Waals surface area contributed by atoms with Gasteiger partial charge in [-0.15, -0.1) is 0 Å². The van der Waals surface area contributed by atoms with Gasteiger partial charge in [-0.1, -0.05) is 303 Å². The average Bonchev–Trinajstić information content (AvgIpc) is 0.970. The molecule has 0 saturated carbocycles. The van der Waals surface area contributed by atoms with Crippen molar-refractivity contribution in [1.29, 1.82) is 0 Å². The largest absolute Gasteiger partial charge is 0.311 e. The Kier molecular flexibility index (Phi) is 15.6. The first-order chi connectivity index (χ1) is 58.6. The van der Waals surface area contributed by atoms with Gasteiger partial charge in [0.15, 0.2) is 0 Å². The monoisotopic (exact) mass is 1540 g/mol. The molecule has 0 radical (unpaired) electrons. The van der Waals surface area contributed by atoms with Crippen molar-refractivity contribution >= 4 is 140 Å². The van der Waals surface area contributed by atoms with Crippen LogP contribution in [0.1, 0.15) is 44.5 Å². The van der Waals surface area contributed by atoms with Crippen LogP contribution in [0.5, 0.6) is 0 Å². The Bertz CT molecular complexity index is 7450. The van der Waals surface area contributed by atoms with E-state index in [4.69, 9.17) is 0 Å². The van der Waals surface area contributed by atoms with Crippen LogP contribution in [-0.4, -0.2) is 13.7 Å². The standard InChI is InChI=1S/C55H35N3S.C55H37N3S/c1-3-17-36(18-4-1)56-47-26-12-8-22-40(47)42-35-38(31-34-49(42)56)58-48-27-13-7-21-39(48)41-32-33-46-54(53(41)58)59-52-30-16-11-25-45(52)55(46)43-23-9-14-28-50(43)57(37-19-5-2-6-20-37)51-29-15-10-24-44(51)55;1-4-18-38(19-5-1)56(39-20-6-2-7-21-39)41-32-34-42(35-33-41)58-49-28-14-10-24-43(49)44-36-37-48-54(53(44)58)59-52-31-17-13-27-47(52)55(48)45-25-11-15-29-50(45)57(40-22-8-3-9-23-40)51-30-16-12-26-46(51)55/h1-35H;1-37H. The molecule has 554 valence electrons. The van der Waals surface area contributed by atoms with Crippen molar-refractivity contribution in [2.45, 2.75) is 30.4 Å². The number of rotatable bonds is 8. The molecule has 2 spiro atoms. The highest BCUT2D eigenvalue weighted by molar-refractivity contribution is 8.00. The fraction of sp³-hybridized carbons (Fsp3) is 0.0182. The zero-order chi connectivity index (χ0) is 77.6. The summed E-state index contributed by atoms with van der Waals surface area (Å²) >= 11 is 3.83. The van der Waals surface area contributed by atoms with E-state index in [0.29, 0.717) is 0 Å². The summed E-state index contributed by atoms with van der Waals surface area (Å²) in [6.07, 6.45) is 0. The van der Waals surface area contributed by atoms with Gasteiger partial charge in [0, 0.05) is 97.4 Å². The maximum atomic E-state index is 2.54. The molecule has 0 N–H and O–H groups in total. The van der Waals surface area contributed by atoms with Gasteiger partial charge in [0.2, 0.25) is 0 Å². The fourth-order valence-corrected chi connectivity index (χ4v) is 23.0. The zero-order valence-corrected chi connectivity index (χ0v) is 65.7. The lowest BCUT2D eigenvalue weighted by Crippen LogP contribution is -2.39. The van der Waals surface area contributed by atoms with Gasteiger partial charge in [-0.3, -0.25) is 0 Å². The van der Waals surface area contributed by atoms with Gasteiger partial charge >= 0.3 is 0 Å². The van der Waals surface area contributed by atoms with Gasteiger partial charge in [0.05, 0.1) is 66.7 Å². The number of aromatic nitrogens is 3. The second kappa shape index (κ2) is 27.1. The molecule has 21 aromatic rings. The van der Waals surface area contributed by atoms with E-state index in [0.717, 1.165) is 45.5 Å². The third-order valence-electron chi connectivity index (χ3n) is 24.9. The molecule has 6 nitrogen and oxygen atoms in total. The Balaban J connectivity index is 0.000000135. The molecule has 0 unspecified atom stereocenters. The second-order valence-electron chi connectivity index (χ2n) is 30.9. The quantitative estimate of drug-likeness (QED) is 0.151. The maximum absolute atomic E-state index is 2.54. The van der Waals surface area contributed by atoms with E-state index in [1.807, 2.05) is 23.5 Å². The predicted octanol–water partition coefficient (Wildman–Crippen LogP) is 29.4. The number of benzene rings is 18. The van der Waals surface area contributed by atoms with Gasteiger partial charge in [-0.05, 0) is 202 Å². The first-order valence-corrected chi connectivity index (χ1v) is 42.1. The lowest BCUT2D eigenvalue weighted by Gasteiger charge is -2.49. The van der Waals surface area contributed by atoms with Crippen LogP contribution in [0, 0.1) is 0 Å². The van der Waals surface area contributed by atoms with E-state index in [2.05, 4.69) is 465 Å². The molecular weight excluding hydrogens is 1470 g/mol. The summed E-state index contributed by atoms with van der Waals surface area (Å²) in [5, 5.41) is 7.50. The SMILES string of the molecule is c1ccc(N(c2ccccc2)c2ccc(-n3c4ccccc4c4ccc5c(c43)Sc3ccccc3C53c4ccccc4N(c4ccccc4)c4ccccc43)cc2)cc1.c1ccc(N2c3ccccc3C3(c4ccccc4Sc4c3ccc3c5ccccc5n(-c5ccc6c(c5)c5ccccc5n6-c5ccccc5)c43)c3ccccc32)cc1. The Morgan fingerprint density at radius 2 is 0.500 bits per heavy atom. The van der Waals surface area contributed by atoms with Crippen molar-refractivity contribution < 1.29 is 0 Å². The molecule has 0 aliphatic carbocycles. The number of hydrogen-bond donors (Lipinski definition) is 0. The normalized spacial score (nSPS) is 13.6. The molecule has 7 heterocycles. The molecule has 4 aliphatic rings. The minimum Gasteiger partial charge on any atom is -0.311 e. The third-order valence-corrected chi connectivity index (χ3v) is 27.3. The molecule has 0 saturated heterocycles. The lowest BCUT2D eigenvalue weighted by molar-refractivity contribution is 0.694. The highest BCUT2D eigenvalue weighted by Gasteiger charge is 2.53. The van der Waals surface area contributed by atoms with Crippen LogP contribution in [0.3, 0.4) is 0 Å². The smallest absolute Gasteiger partial charge is 0.0764 e. The summed E-state index contributed by atoms with van der Waals surface area (Å²) in [5.41, 5.74) is 30.4. The third kappa shape index (κ3) is 9.91. The van der Waals surface area contributed by atoms with Crippen molar-refractivity contribution in [1.82, 2.24) is 13.7 Å². The summed E-state index contributed by atoms with van der Waals surface area (Å²) in [6.45, 7) is 0. The van der Waals surface area contributed by atoms with Gasteiger partial charge < -0.3 is 28.4 Å². The van der Waals surface area contributed by atoms with Crippen molar-refractivity contribution in [3.8, 4) is 17.1 Å². The summed E-state index contributed by atoms with van der Waals surface area (Å²) in [7, 11) is 0. The molecule has 0 fully saturated rings. The fourth-order valence-electron chi connectivity index (χ4n) is 20.3.